The van der Waals surface area contributed by atoms with Crippen molar-refractivity contribution in [2.24, 2.45) is 5.73 Å². The predicted octanol–water partition coefficient (Wildman–Crippen LogP) is 3.41. The Bertz CT molecular complexity index is 764. The first-order valence-electron chi connectivity index (χ1n) is 6.92. The third-order valence-corrected chi connectivity index (χ3v) is 3.95. The molecule has 0 radical (unpaired) electrons. The van der Waals surface area contributed by atoms with Crippen LogP contribution in [-0.4, -0.2) is 23.9 Å². The van der Waals surface area contributed by atoms with Gasteiger partial charge >= 0.3 is 6.36 Å². The number of hydrogen-bond donors (Lipinski definition) is 2. The van der Waals surface area contributed by atoms with Crippen molar-refractivity contribution in [3.8, 4) is 5.75 Å². The van der Waals surface area contributed by atoms with E-state index in [2.05, 4.69) is 10.1 Å². The summed E-state index contributed by atoms with van der Waals surface area (Å²) in [6, 6.07) is 11.3. The van der Waals surface area contributed by atoms with Gasteiger partial charge in [0.1, 0.15) is 5.75 Å². The molecule has 0 bridgehead atoms. The van der Waals surface area contributed by atoms with Crippen molar-refractivity contribution in [1.82, 2.24) is 0 Å². The number of nitrogens with two attached hydrogens (primary N) is 1. The highest BCUT2D eigenvalue weighted by molar-refractivity contribution is 8.00. The molecule has 5 nitrogen and oxygen atoms in total. The van der Waals surface area contributed by atoms with Gasteiger partial charge in [-0.2, -0.15) is 0 Å². The first kappa shape index (κ1) is 18.7. The summed E-state index contributed by atoms with van der Waals surface area (Å²) in [6.07, 6.45) is -4.79. The zero-order valence-corrected chi connectivity index (χ0v) is 13.5. The molecule has 2 amide bonds. The topological polar surface area (TPSA) is 81.4 Å². The van der Waals surface area contributed by atoms with Crippen molar-refractivity contribution in [2.75, 3.05) is 11.1 Å². The largest absolute Gasteiger partial charge is 0.573 e. The van der Waals surface area contributed by atoms with Gasteiger partial charge in [0.05, 0.1) is 11.4 Å². The van der Waals surface area contributed by atoms with E-state index in [1.54, 1.807) is 24.3 Å². The smallest absolute Gasteiger partial charge is 0.406 e. The second kappa shape index (κ2) is 7.93. The van der Waals surface area contributed by atoms with Crippen LogP contribution in [0.25, 0.3) is 0 Å². The number of anilines is 1. The van der Waals surface area contributed by atoms with Gasteiger partial charge in [-0.15, -0.1) is 24.9 Å². The van der Waals surface area contributed by atoms with E-state index in [0.29, 0.717) is 10.6 Å². The summed E-state index contributed by atoms with van der Waals surface area (Å²) in [7, 11) is 0. The number of halogens is 3. The molecule has 0 heterocycles. The molecule has 2 rings (SSSR count). The summed E-state index contributed by atoms with van der Waals surface area (Å²) in [5.41, 5.74) is 5.73. The monoisotopic (exact) mass is 370 g/mol. The SMILES string of the molecule is NC(=O)CSc1ccccc1NC(=O)c1ccc(OC(F)(F)F)cc1. The lowest BCUT2D eigenvalue weighted by molar-refractivity contribution is -0.274. The van der Waals surface area contributed by atoms with Gasteiger partial charge in [0.2, 0.25) is 5.91 Å². The summed E-state index contributed by atoms with van der Waals surface area (Å²) in [5, 5.41) is 2.64. The van der Waals surface area contributed by atoms with Crippen LogP contribution >= 0.6 is 11.8 Å². The molecular formula is C16H13F3N2O3S. The fourth-order valence-corrected chi connectivity index (χ4v) is 2.59. The average Bonchev–Trinajstić information content (AvgIpc) is 2.53. The third kappa shape index (κ3) is 6.03. The molecule has 2 aromatic rings. The van der Waals surface area contributed by atoms with Gasteiger partial charge < -0.3 is 15.8 Å². The van der Waals surface area contributed by atoms with E-state index < -0.39 is 23.9 Å². The number of rotatable bonds is 6. The number of ether oxygens (including phenoxy) is 1. The maximum absolute atomic E-state index is 12.2. The summed E-state index contributed by atoms with van der Waals surface area (Å²) in [4.78, 5) is 23.8. The lowest BCUT2D eigenvalue weighted by atomic mass is 10.2. The van der Waals surface area contributed by atoms with E-state index in [-0.39, 0.29) is 11.3 Å². The third-order valence-electron chi connectivity index (χ3n) is 2.86. The van der Waals surface area contributed by atoms with Gasteiger partial charge in [-0.05, 0) is 36.4 Å². The van der Waals surface area contributed by atoms with Gasteiger partial charge in [0.25, 0.3) is 5.91 Å². The summed E-state index contributed by atoms with van der Waals surface area (Å²) in [6.45, 7) is 0. The summed E-state index contributed by atoms with van der Waals surface area (Å²) >= 11 is 1.17. The van der Waals surface area contributed by atoms with Gasteiger partial charge in [-0.25, -0.2) is 0 Å². The van der Waals surface area contributed by atoms with Crippen LogP contribution in [0.15, 0.2) is 53.4 Å². The maximum Gasteiger partial charge on any atom is 0.573 e. The lowest BCUT2D eigenvalue weighted by Crippen LogP contribution is -2.17. The summed E-state index contributed by atoms with van der Waals surface area (Å²) < 4.78 is 40.1. The van der Waals surface area contributed by atoms with E-state index >= 15 is 0 Å². The van der Waals surface area contributed by atoms with Crippen LogP contribution in [0, 0.1) is 0 Å². The van der Waals surface area contributed by atoms with Crippen LogP contribution in [0.1, 0.15) is 10.4 Å². The Morgan fingerprint density at radius 2 is 1.72 bits per heavy atom. The Hall–Kier alpha value is -2.68. The number of carbonyl (C=O) groups excluding carboxylic acids is 2. The molecule has 0 fully saturated rings. The van der Waals surface area contributed by atoms with E-state index in [0.717, 1.165) is 12.1 Å². The number of primary amides is 1. The minimum Gasteiger partial charge on any atom is -0.406 e. The van der Waals surface area contributed by atoms with E-state index in [1.165, 1.54) is 23.9 Å². The van der Waals surface area contributed by atoms with Crippen LogP contribution in [0.2, 0.25) is 0 Å². The number of carbonyl (C=O) groups is 2. The van der Waals surface area contributed by atoms with Crippen LogP contribution in [0.4, 0.5) is 18.9 Å². The molecule has 0 aliphatic carbocycles. The zero-order chi connectivity index (χ0) is 18.4. The normalized spacial score (nSPS) is 11.0. The minimum absolute atomic E-state index is 0.0519. The Balaban J connectivity index is 2.08. The fraction of sp³-hybridized carbons (Fsp3) is 0.125. The Kier molecular flexibility index (Phi) is 5.92. The maximum atomic E-state index is 12.2. The van der Waals surface area contributed by atoms with Gasteiger partial charge in [-0.1, -0.05) is 12.1 Å². The lowest BCUT2D eigenvalue weighted by Gasteiger charge is -2.11. The Morgan fingerprint density at radius 3 is 2.32 bits per heavy atom. The molecule has 0 atom stereocenters. The van der Waals surface area contributed by atoms with Crippen LogP contribution in [-0.2, 0) is 4.79 Å². The van der Waals surface area contributed by atoms with Gasteiger partial charge in [0.15, 0.2) is 0 Å². The van der Waals surface area contributed by atoms with Crippen LogP contribution in [0.3, 0.4) is 0 Å². The fourth-order valence-electron chi connectivity index (χ4n) is 1.85. The number of thioether (sulfide) groups is 1. The second-order valence-electron chi connectivity index (χ2n) is 4.78. The molecule has 0 aliphatic rings. The standard InChI is InChI=1S/C16H13F3N2O3S/c17-16(18,19)24-11-7-5-10(6-8-11)15(23)21-12-3-1-2-4-13(12)25-9-14(20)22/h1-8H,9H2,(H2,20,22)(H,21,23). The number of benzene rings is 2. The van der Waals surface area contributed by atoms with E-state index in [9.17, 15) is 22.8 Å². The molecule has 132 valence electrons. The molecule has 0 saturated heterocycles. The van der Waals surface area contributed by atoms with Gasteiger partial charge in [0, 0.05) is 10.5 Å². The number of alkyl halides is 3. The number of para-hydroxylation sites is 1. The first-order valence-corrected chi connectivity index (χ1v) is 7.90. The first-order chi connectivity index (χ1) is 11.7. The number of nitrogens with one attached hydrogen (secondary N) is 1. The molecule has 0 unspecified atom stereocenters. The molecule has 2 aromatic carbocycles. The quantitative estimate of drug-likeness (QED) is 0.764. The zero-order valence-electron chi connectivity index (χ0n) is 12.7. The van der Waals surface area contributed by atoms with Crippen molar-refractivity contribution in [3.63, 3.8) is 0 Å². The number of hydrogen-bond acceptors (Lipinski definition) is 4. The molecule has 0 spiro atoms. The molecule has 25 heavy (non-hydrogen) atoms. The van der Waals surface area contributed by atoms with Crippen molar-refractivity contribution in [2.45, 2.75) is 11.3 Å². The van der Waals surface area contributed by atoms with E-state index in [1.807, 2.05) is 0 Å². The molecule has 0 aliphatic heterocycles. The van der Waals surface area contributed by atoms with Crippen molar-refractivity contribution >= 4 is 29.3 Å². The second-order valence-corrected chi connectivity index (χ2v) is 5.79. The van der Waals surface area contributed by atoms with E-state index in [4.69, 9.17) is 5.73 Å². The molecule has 9 heteroatoms. The molecular weight excluding hydrogens is 357 g/mol. The van der Waals surface area contributed by atoms with Crippen LogP contribution < -0.4 is 15.8 Å². The Labute approximate surface area is 145 Å². The minimum atomic E-state index is -4.79. The Morgan fingerprint density at radius 1 is 1.08 bits per heavy atom. The molecule has 0 aromatic heterocycles. The average molecular weight is 370 g/mol. The number of amides is 2. The summed E-state index contributed by atoms with van der Waals surface area (Å²) in [5.74, 6) is -1.37. The predicted molar refractivity (Wildman–Crippen MR) is 87.4 cm³/mol. The highest BCUT2D eigenvalue weighted by Crippen LogP contribution is 2.27. The van der Waals surface area contributed by atoms with Gasteiger partial charge in [-0.3, -0.25) is 9.59 Å². The molecule has 0 saturated carbocycles. The van der Waals surface area contributed by atoms with Crippen molar-refractivity contribution in [1.29, 1.82) is 0 Å². The molecule has 3 N–H and O–H groups in total. The van der Waals surface area contributed by atoms with Crippen LogP contribution in [0.5, 0.6) is 5.75 Å². The van der Waals surface area contributed by atoms with Crippen molar-refractivity contribution < 1.29 is 27.5 Å². The van der Waals surface area contributed by atoms with Crippen molar-refractivity contribution in [3.05, 3.63) is 54.1 Å². The highest BCUT2D eigenvalue weighted by Gasteiger charge is 2.31. The highest BCUT2D eigenvalue weighted by atomic mass is 32.2.